The van der Waals surface area contributed by atoms with Crippen molar-refractivity contribution < 1.29 is 18.8 Å². The molecule has 0 atom stereocenters. The minimum Gasteiger partial charge on any atom is -0.489 e. The Morgan fingerprint density at radius 3 is 2.42 bits per heavy atom. The molecule has 1 N–H and O–H groups in total. The van der Waals surface area contributed by atoms with E-state index in [0.29, 0.717) is 11.8 Å². The van der Waals surface area contributed by atoms with Crippen LogP contribution in [-0.2, 0) is 11.2 Å². The van der Waals surface area contributed by atoms with Gasteiger partial charge in [0.25, 0.3) is 0 Å². The molecule has 0 radical (unpaired) electrons. The van der Waals surface area contributed by atoms with Gasteiger partial charge >= 0.3 is 6.09 Å². The first-order chi connectivity index (χ1) is 15.7. The quantitative estimate of drug-likeness (QED) is 0.628. The summed E-state index contributed by atoms with van der Waals surface area (Å²) in [6, 6.07) is 4.20. The highest BCUT2D eigenvalue weighted by Crippen LogP contribution is 2.35. The number of nitrogens with zero attached hydrogens (tertiary/aromatic N) is 2. The van der Waals surface area contributed by atoms with Gasteiger partial charge in [0, 0.05) is 18.5 Å². The molecule has 2 fully saturated rings. The van der Waals surface area contributed by atoms with Crippen LogP contribution in [0.2, 0.25) is 0 Å². The van der Waals surface area contributed by atoms with E-state index in [2.05, 4.69) is 29.5 Å². The third-order valence-electron chi connectivity index (χ3n) is 6.08. The van der Waals surface area contributed by atoms with Crippen molar-refractivity contribution in [3.63, 3.8) is 0 Å². The highest BCUT2D eigenvalue weighted by Gasteiger charge is 2.27. The molecule has 2 aromatic rings. The number of hydrogen-bond donors (Lipinski definition) is 1. The van der Waals surface area contributed by atoms with Crippen molar-refractivity contribution in [1.82, 2.24) is 15.4 Å². The van der Waals surface area contributed by atoms with Gasteiger partial charge in [-0.15, -0.1) is 0 Å². The molecule has 33 heavy (non-hydrogen) atoms. The Morgan fingerprint density at radius 1 is 1.15 bits per heavy atom. The molecule has 1 saturated heterocycles. The predicted molar refractivity (Wildman–Crippen MR) is 131 cm³/mol. The van der Waals surface area contributed by atoms with Crippen LogP contribution in [0.1, 0.15) is 64.1 Å². The monoisotopic (exact) mass is 459 g/mol. The third-order valence-corrected chi connectivity index (χ3v) is 6.08. The SMILES string of the molecule is CNC.Cc1ccc2c(CCC3CCN(C(=O)OC(C)(C)C)CC3)noc2c1OCC1CC1. The lowest BCUT2D eigenvalue weighted by Gasteiger charge is -2.33. The molecule has 1 saturated carbocycles. The van der Waals surface area contributed by atoms with Crippen LogP contribution < -0.4 is 10.1 Å². The van der Waals surface area contributed by atoms with Crippen LogP contribution in [0.15, 0.2) is 16.7 Å². The van der Waals surface area contributed by atoms with Gasteiger partial charge < -0.3 is 24.2 Å². The Kier molecular flexibility index (Phi) is 8.63. The summed E-state index contributed by atoms with van der Waals surface area (Å²) in [4.78, 5) is 14.1. The number of nitrogens with one attached hydrogen (secondary N) is 1. The van der Waals surface area contributed by atoms with Gasteiger partial charge in [-0.1, -0.05) is 11.2 Å². The largest absolute Gasteiger partial charge is 0.489 e. The van der Waals surface area contributed by atoms with Gasteiger partial charge in [-0.25, -0.2) is 4.79 Å². The van der Waals surface area contributed by atoms with Crippen molar-refractivity contribution in [3.8, 4) is 5.75 Å². The number of piperidine rings is 1. The van der Waals surface area contributed by atoms with Crippen molar-refractivity contribution in [1.29, 1.82) is 0 Å². The zero-order valence-electron chi connectivity index (χ0n) is 21.2. The molecule has 7 heteroatoms. The van der Waals surface area contributed by atoms with E-state index in [0.717, 1.165) is 73.4 Å². The number of aromatic nitrogens is 1. The number of ether oxygens (including phenoxy) is 2. The molecular formula is C26H41N3O4. The molecule has 2 heterocycles. The number of likely N-dealkylation sites (tertiary alicyclic amines) is 1. The first kappa shape index (κ1) is 25.3. The highest BCUT2D eigenvalue weighted by atomic mass is 16.6. The summed E-state index contributed by atoms with van der Waals surface area (Å²) in [6.07, 6.45) is 6.28. The van der Waals surface area contributed by atoms with Crippen LogP contribution in [-0.4, -0.2) is 55.5 Å². The Bertz CT molecular complexity index is 906. The predicted octanol–water partition coefficient (Wildman–Crippen LogP) is 5.34. The van der Waals surface area contributed by atoms with Gasteiger partial charge in [0.1, 0.15) is 5.60 Å². The van der Waals surface area contributed by atoms with Gasteiger partial charge in [-0.3, -0.25) is 0 Å². The molecule has 0 spiro atoms. The van der Waals surface area contributed by atoms with Gasteiger partial charge in [0.05, 0.1) is 12.3 Å². The number of carbonyl (C=O) groups excluding carboxylic acids is 1. The molecule has 1 aliphatic heterocycles. The number of rotatable bonds is 6. The van der Waals surface area contributed by atoms with E-state index >= 15 is 0 Å². The smallest absolute Gasteiger partial charge is 0.410 e. The summed E-state index contributed by atoms with van der Waals surface area (Å²) in [5, 5.41) is 8.19. The van der Waals surface area contributed by atoms with E-state index in [1.807, 2.05) is 39.8 Å². The van der Waals surface area contributed by atoms with Gasteiger partial charge in [-0.2, -0.15) is 0 Å². The number of amides is 1. The lowest BCUT2D eigenvalue weighted by molar-refractivity contribution is 0.0181. The minimum atomic E-state index is -0.443. The molecule has 4 rings (SSSR count). The molecule has 1 aliphatic carbocycles. The second kappa shape index (κ2) is 11.2. The van der Waals surface area contributed by atoms with Crippen LogP contribution in [0.4, 0.5) is 4.79 Å². The van der Waals surface area contributed by atoms with Crippen molar-refractivity contribution in [2.24, 2.45) is 11.8 Å². The van der Waals surface area contributed by atoms with Crippen LogP contribution >= 0.6 is 0 Å². The first-order valence-corrected chi connectivity index (χ1v) is 12.3. The van der Waals surface area contributed by atoms with E-state index in [1.165, 1.54) is 12.8 Å². The summed E-state index contributed by atoms with van der Waals surface area (Å²) in [5.74, 6) is 2.14. The Morgan fingerprint density at radius 2 is 1.82 bits per heavy atom. The highest BCUT2D eigenvalue weighted by molar-refractivity contribution is 5.86. The second-order valence-electron chi connectivity index (χ2n) is 10.4. The Balaban J connectivity index is 0.000000968. The zero-order chi connectivity index (χ0) is 24.0. The molecule has 1 aromatic heterocycles. The maximum Gasteiger partial charge on any atom is 0.410 e. The van der Waals surface area contributed by atoms with Crippen molar-refractivity contribution >= 4 is 17.1 Å². The van der Waals surface area contributed by atoms with E-state index in [-0.39, 0.29) is 6.09 Å². The van der Waals surface area contributed by atoms with Gasteiger partial charge in [-0.05, 0) is 104 Å². The lowest BCUT2D eigenvalue weighted by Crippen LogP contribution is -2.41. The molecule has 184 valence electrons. The number of carbonyl (C=O) groups is 1. The number of benzene rings is 1. The Labute approximate surface area is 198 Å². The average molecular weight is 460 g/mol. The van der Waals surface area contributed by atoms with Crippen LogP contribution in [0.3, 0.4) is 0 Å². The topological polar surface area (TPSA) is 76.8 Å². The van der Waals surface area contributed by atoms with Gasteiger partial charge in [0.2, 0.25) is 5.58 Å². The maximum absolute atomic E-state index is 12.2. The van der Waals surface area contributed by atoms with Crippen molar-refractivity contribution in [2.75, 3.05) is 33.8 Å². The number of fused-ring (bicyclic) bond motifs is 1. The summed E-state index contributed by atoms with van der Waals surface area (Å²) in [5.41, 5.74) is 2.45. The minimum absolute atomic E-state index is 0.197. The van der Waals surface area contributed by atoms with E-state index in [1.54, 1.807) is 0 Å². The zero-order valence-corrected chi connectivity index (χ0v) is 21.2. The third kappa shape index (κ3) is 7.36. The summed E-state index contributed by atoms with van der Waals surface area (Å²) < 4.78 is 17.3. The molecule has 7 nitrogen and oxygen atoms in total. The van der Waals surface area contributed by atoms with E-state index in [9.17, 15) is 4.79 Å². The van der Waals surface area contributed by atoms with Crippen LogP contribution in [0.25, 0.3) is 11.0 Å². The fourth-order valence-electron chi connectivity index (χ4n) is 4.05. The molecule has 2 aliphatic rings. The number of aryl methyl sites for hydroxylation is 2. The van der Waals surface area contributed by atoms with E-state index in [4.69, 9.17) is 14.0 Å². The summed E-state index contributed by atoms with van der Waals surface area (Å²) in [6.45, 7) is 10.1. The van der Waals surface area contributed by atoms with Gasteiger partial charge in [0.15, 0.2) is 5.75 Å². The average Bonchev–Trinajstić information content (AvgIpc) is 3.49. The molecule has 0 unspecified atom stereocenters. The fraction of sp³-hybridized carbons (Fsp3) is 0.692. The normalized spacial score (nSPS) is 17.0. The fourth-order valence-corrected chi connectivity index (χ4v) is 4.05. The first-order valence-electron chi connectivity index (χ1n) is 12.3. The summed E-state index contributed by atoms with van der Waals surface area (Å²) in [7, 11) is 3.75. The standard InChI is InChI=1S/C24H34N2O4.C2H7N/c1-16-5-9-19-20(25-30-22(19)21(16)28-15-18-6-7-18)10-8-17-11-13-26(14-12-17)23(27)29-24(2,3)4;1-3-2/h5,9,17-18H,6-8,10-15H2,1-4H3;3H,1-2H3. The Hall–Kier alpha value is -2.28. The van der Waals surface area contributed by atoms with Crippen molar-refractivity contribution in [3.05, 3.63) is 23.4 Å². The van der Waals surface area contributed by atoms with Crippen LogP contribution in [0, 0.1) is 18.8 Å². The molecule has 1 aromatic carbocycles. The molecule has 1 amide bonds. The second-order valence-corrected chi connectivity index (χ2v) is 10.4. The van der Waals surface area contributed by atoms with Crippen molar-refractivity contribution in [2.45, 2.75) is 71.8 Å². The summed E-state index contributed by atoms with van der Waals surface area (Å²) >= 11 is 0. The maximum atomic E-state index is 12.2. The molecular weight excluding hydrogens is 418 g/mol. The molecule has 0 bridgehead atoms. The number of hydrogen-bond acceptors (Lipinski definition) is 6. The van der Waals surface area contributed by atoms with Crippen LogP contribution in [0.5, 0.6) is 5.75 Å². The van der Waals surface area contributed by atoms with E-state index < -0.39 is 5.60 Å². The lowest BCUT2D eigenvalue weighted by atomic mass is 9.91.